The molecule has 0 aliphatic rings. The van der Waals surface area contributed by atoms with Crippen molar-refractivity contribution >= 4 is 5.97 Å². The summed E-state index contributed by atoms with van der Waals surface area (Å²) in [5.41, 5.74) is 0.878. The molecule has 0 amide bonds. The Balaban J connectivity index is 3.03. The lowest BCUT2D eigenvalue weighted by molar-refractivity contribution is 0.0689. The van der Waals surface area contributed by atoms with Crippen molar-refractivity contribution in [1.29, 1.82) is 0 Å². The number of aromatic nitrogens is 2. The highest BCUT2D eigenvalue weighted by Gasteiger charge is 2.07. The summed E-state index contributed by atoms with van der Waals surface area (Å²) in [6.07, 6.45) is 1.75. The van der Waals surface area contributed by atoms with Gasteiger partial charge in [-0.05, 0) is 19.4 Å². The molecule has 0 radical (unpaired) electrons. The second-order valence-corrected chi connectivity index (χ2v) is 2.85. The largest absolute Gasteiger partial charge is 0.477 e. The van der Waals surface area contributed by atoms with Crippen LogP contribution in [-0.2, 0) is 6.42 Å². The van der Waals surface area contributed by atoms with Crippen molar-refractivity contribution in [2.45, 2.75) is 26.7 Å². The Bertz CT molecular complexity index is 323. The average molecular weight is 180 g/mol. The van der Waals surface area contributed by atoms with E-state index < -0.39 is 5.97 Å². The summed E-state index contributed by atoms with van der Waals surface area (Å²) in [5, 5.41) is 8.71. The van der Waals surface area contributed by atoms with E-state index in [0.29, 0.717) is 5.82 Å². The Morgan fingerprint density at radius 1 is 1.54 bits per heavy atom. The van der Waals surface area contributed by atoms with E-state index in [2.05, 4.69) is 9.97 Å². The van der Waals surface area contributed by atoms with Crippen LogP contribution in [-0.4, -0.2) is 21.0 Å². The Morgan fingerprint density at radius 3 is 2.77 bits per heavy atom. The Kier molecular flexibility index (Phi) is 2.95. The van der Waals surface area contributed by atoms with Crippen LogP contribution in [0.4, 0.5) is 0 Å². The lowest BCUT2D eigenvalue weighted by atomic mass is 10.2. The van der Waals surface area contributed by atoms with Gasteiger partial charge in [0.2, 0.25) is 0 Å². The van der Waals surface area contributed by atoms with Crippen LogP contribution in [0.5, 0.6) is 0 Å². The average Bonchev–Trinajstić information content (AvgIpc) is 2.03. The molecule has 0 aliphatic carbocycles. The zero-order valence-corrected chi connectivity index (χ0v) is 7.74. The SMILES string of the molecule is CCCc1cc(C(=O)O)nc(C)n1. The molecule has 0 fully saturated rings. The molecule has 1 rings (SSSR count). The first-order valence-electron chi connectivity index (χ1n) is 4.21. The van der Waals surface area contributed by atoms with E-state index in [0.717, 1.165) is 18.5 Å². The van der Waals surface area contributed by atoms with Crippen LogP contribution in [0.1, 0.15) is 35.4 Å². The molecule has 0 bridgehead atoms. The van der Waals surface area contributed by atoms with Crippen LogP contribution < -0.4 is 0 Å². The highest BCUT2D eigenvalue weighted by atomic mass is 16.4. The highest BCUT2D eigenvalue weighted by Crippen LogP contribution is 2.03. The molecule has 0 atom stereocenters. The minimum Gasteiger partial charge on any atom is -0.477 e. The van der Waals surface area contributed by atoms with E-state index in [4.69, 9.17) is 5.11 Å². The van der Waals surface area contributed by atoms with Crippen molar-refractivity contribution in [1.82, 2.24) is 9.97 Å². The number of nitrogens with zero attached hydrogens (tertiary/aromatic N) is 2. The maximum absolute atomic E-state index is 10.6. The van der Waals surface area contributed by atoms with Gasteiger partial charge in [-0.15, -0.1) is 0 Å². The maximum atomic E-state index is 10.6. The molecule has 1 aromatic heterocycles. The molecular formula is C9H12N2O2. The van der Waals surface area contributed by atoms with E-state index in [1.807, 2.05) is 6.92 Å². The second kappa shape index (κ2) is 3.98. The lowest BCUT2D eigenvalue weighted by Gasteiger charge is -2.01. The van der Waals surface area contributed by atoms with Crippen molar-refractivity contribution < 1.29 is 9.90 Å². The van der Waals surface area contributed by atoms with Gasteiger partial charge in [0, 0.05) is 5.69 Å². The first kappa shape index (κ1) is 9.64. The fraction of sp³-hybridized carbons (Fsp3) is 0.444. The van der Waals surface area contributed by atoms with Crippen LogP contribution in [0.15, 0.2) is 6.07 Å². The molecule has 1 heterocycles. The Hall–Kier alpha value is -1.45. The molecule has 1 N–H and O–H groups in total. The number of aryl methyl sites for hydroxylation is 2. The van der Waals surface area contributed by atoms with Crippen molar-refractivity contribution in [3.63, 3.8) is 0 Å². The van der Waals surface area contributed by atoms with Gasteiger partial charge in [0.05, 0.1) is 0 Å². The number of hydrogen-bond acceptors (Lipinski definition) is 3. The number of hydrogen-bond donors (Lipinski definition) is 1. The predicted octanol–water partition coefficient (Wildman–Crippen LogP) is 1.44. The van der Waals surface area contributed by atoms with Gasteiger partial charge in [0.15, 0.2) is 5.69 Å². The Morgan fingerprint density at radius 2 is 2.23 bits per heavy atom. The van der Waals surface area contributed by atoms with E-state index in [1.54, 1.807) is 6.92 Å². The molecule has 0 aliphatic heterocycles. The van der Waals surface area contributed by atoms with E-state index >= 15 is 0 Å². The molecule has 13 heavy (non-hydrogen) atoms. The number of carbonyl (C=O) groups is 1. The van der Waals surface area contributed by atoms with Crippen molar-refractivity contribution in [2.75, 3.05) is 0 Å². The zero-order valence-electron chi connectivity index (χ0n) is 7.74. The lowest BCUT2D eigenvalue weighted by Crippen LogP contribution is -2.05. The van der Waals surface area contributed by atoms with Crippen LogP contribution in [0.3, 0.4) is 0 Å². The van der Waals surface area contributed by atoms with Crippen molar-refractivity contribution in [2.24, 2.45) is 0 Å². The van der Waals surface area contributed by atoms with Gasteiger partial charge < -0.3 is 5.11 Å². The number of aromatic carboxylic acids is 1. The summed E-state index contributed by atoms with van der Waals surface area (Å²) in [6.45, 7) is 3.73. The Labute approximate surface area is 76.7 Å². The highest BCUT2D eigenvalue weighted by molar-refractivity contribution is 5.85. The molecule has 0 saturated carbocycles. The van der Waals surface area contributed by atoms with Gasteiger partial charge in [-0.1, -0.05) is 13.3 Å². The zero-order chi connectivity index (χ0) is 9.84. The minimum absolute atomic E-state index is 0.0796. The molecule has 4 heteroatoms. The first-order chi connectivity index (χ1) is 6.13. The standard InChI is InChI=1S/C9H12N2O2/c1-3-4-7-5-8(9(12)13)11-6(2)10-7/h5H,3-4H2,1-2H3,(H,12,13). The van der Waals surface area contributed by atoms with Gasteiger partial charge >= 0.3 is 5.97 Å². The van der Waals surface area contributed by atoms with Crippen LogP contribution >= 0.6 is 0 Å². The third-order valence-corrected chi connectivity index (χ3v) is 1.62. The second-order valence-electron chi connectivity index (χ2n) is 2.85. The topological polar surface area (TPSA) is 63.1 Å². The van der Waals surface area contributed by atoms with Crippen LogP contribution in [0.25, 0.3) is 0 Å². The number of carboxylic acid groups (broad SMARTS) is 1. The fourth-order valence-corrected chi connectivity index (χ4v) is 1.12. The fourth-order valence-electron chi connectivity index (χ4n) is 1.12. The van der Waals surface area contributed by atoms with Crippen LogP contribution in [0.2, 0.25) is 0 Å². The summed E-state index contributed by atoms with van der Waals surface area (Å²) in [5.74, 6) is -0.480. The number of carboxylic acids is 1. The summed E-state index contributed by atoms with van der Waals surface area (Å²) in [7, 11) is 0. The molecule has 70 valence electrons. The quantitative estimate of drug-likeness (QED) is 0.764. The van der Waals surface area contributed by atoms with Crippen molar-refractivity contribution in [3.05, 3.63) is 23.3 Å². The molecule has 1 aromatic rings. The summed E-state index contributed by atoms with van der Waals surface area (Å²) in [4.78, 5) is 18.6. The number of rotatable bonds is 3. The van der Waals surface area contributed by atoms with Gasteiger partial charge in [-0.3, -0.25) is 0 Å². The van der Waals surface area contributed by atoms with E-state index in [1.165, 1.54) is 6.07 Å². The molecule has 0 unspecified atom stereocenters. The maximum Gasteiger partial charge on any atom is 0.354 e. The van der Waals surface area contributed by atoms with Gasteiger partial charge in [-0.25, -0.2) is 14.8 Å². The van der Waals surface area contributed by atoms with Crippen LogP contribution in [0, 0.1) is 6.92 Å². The minimum atomic E-state index is -0.997. The molecule has 0 spiro atoms. The summed E-state index contributed by atoms with van der Waals surface area (Å²) < 4.78 is 0. The van der Waals surface area contributed by atoms with Gasteiger partial charge in [0.1, 0.15) is 5.82 Å². The smallest absolute Gasteiger partial charge is 0.354 e. The first-order valence-corrected chi connectivity index (χ1v) is 4.21. The van der Waals surface area contributed by atoms with Crippen molar-refractivity contribution in [3.8, 4) is 0 Å². The monoisotopic (exact) mass is 180 g/mol. The van der Waals surface area contributed by atoms with E-state index in [-0.39, 0.29) is 5.69 Å². The molecule has 4 nitrogen and oxygen atoms in total. The van der Waals surface area contributed by atoms with Gasteiger partial charge in [-0.2, -0.15) is 0 Å². The predicted molar refractivity (Wildman–Crippen MR) is 47.7 cm³/mol. The van der Waals surface area contributed by atoms with Gasteiger partial charge in [0.25, 0.3) is 0 Å². The molecule has 0 saturated heterocycles. The normalized spacial score (nSPS) is 10.0. The summed E-state index contributed by atoms with van der Waals surface area (Å²) >= 11 is 0. The molecule has 0 aromatic carbocycles. The third-order valence-electron chi connectivity index (χ3n) is 1.62. The summed E-state index contributed by atoms with van der Waals surface area (Å²) in [6, 6.07) is 1.53. The molecular weight excluding hydrogens is 168 g/mol. The van der Waals surface area contributed by atoms with E-state index in [9.17, 15) is 4.79 Å². The third kappa shape index (κ3) is 2.50.